The third kappa shape index (κ3) is 3.64. The molecule has 19 heavy (non-hydrogen) atoms. The van der Waals surface area contributed by atoms with Crippen molar-refractivity contribution in [3.63, 3.8) is 0 Å². The van der Waals surface area contributed by atoms with Gasteiger partial charge in [-0.15, -0.1) is 0 Å². The van der Waals surface area contributed by atoms with Crippen molar-refractivity contribution in [2.75, 3.05) is 5.32 Å². The normalized spacial score (nSPS) is 10.9. The highest BCUT2D eigenvalue weighted by molar-refractivity contribution is 5.90. The molecular weight excluding hydrogens is 246 g/mol. The molecular formula is C12H17N5O2. The van der Waals surface area contributed by atoms with E-state index in [2.05, 4.69) is 20.6 Å². The molecule has 7 heteroatoms. The van der Waals surface area contributed by atoms with Gasteiger partial charge in [0, 0.05) is 32.0 Å². The number of rotatable bonds is 5. The van der Waals surface area contributed by atoms with E-state index in [4.69, 9.17) is 4.52 Å². The number of nitrogens with zero attached hydrogens (tertiary/aromatic N) is 4. The number of nitrogens with one attached hydrogen (secondary N) is 1. The highest BCUT2D eigenvalue weighted by Gasteiger charge is 2.11. The largest absolute Gasteiger partial charge is 0.339 e. The Morgan fingerprint density at radius 2 is 2.32 bits per heavy atom. The summed E-state index contributed by atoms with van der Waals surface area (Å²) in [7, 11) is 1.79. The van der Waals surface area contributed by atoms with E-state index >= 15 is 0 Å². The van der Waals surface area contributed by atoms with Crippen molar-refractivity contribution in [3.05, 3.63) is 24.1 Å². The molecule has 2 aromatic rings. The van der Waals surface area contributed by atoms with E-state index in [1.807, 2.05) is 13.8 Å². The molecule has 2 aromatic heterocycles. The first-order valence-corrected chi connectivity index (χ1v) is 6.15. The molecule has 1 N–H and O–H groups in total. The highest BCUT2D eigenvalue weighted by Crippen LogP contribution is 2.11. The molecule has 0 saturated carbocycles. The number of anilines is 1. The first-order valence-electron chi connectivity index (χ1n) is 6.15. The number of amides is 1. The van der Waals surface area contributed by atoms with Crippen LogP contribution in [0.2, 0.25) is 0 Å². The standard InChI is InChI=1S/C12H17N5O2/c1-8(2)12-15-11(19-16-12)5-4-10(18)14-9-6-13-17(3)7-9/h6-8H,4-5H2,1-3H3,(H,14,18). The minimum Gasteiger partial charge on any atom is -0.339 e. The van der Waals surface area contributed by atoms with Gasteiger partial charge in [-0.2, -0.15) is 10.1 Å². The molecule has 0 fully saturated rings. The van der Waals surface area contributed by atoms with Crippen molar-refractivity contribution in [1.29, 1.82) is 0 Å². The van der Waals surface area contributed by atoms with Gasteiger partial charge in [0.1, 0.15) is 0 Å². The van der Waals surface area contributed by atoms with Gasteiger partial charge in [0.25, 0.3) is 0 Å². The quantitative estimate of drug-likeness (QED) is 0.883. The number of hydrogen-bond donors (Lipinski definition) is 1. The summed E-state index contributed by atoms with van der Waals surface area (Å²) in [6.07, 6.45) is 4.07. The summed E-state index contributed by atoms with van der Waals surface area (Å²) in [6, 6.07) is 0. The zero-order valence-corrected chi connectivity index (χ0v) is 11.3. The fraction of sp³-hybridized carbons (Fsp3) is 0.500. The van der Waals surface area contributed by atoms with Crippen LogP contribution in [0.4, 0.5) is 5.69 Å². The van der Waals surface area contributed by atoms with Gasteiger partial charge in [-0.1, -0.05) is 19.0 Å². The molecule has 2 heterocycles. The van der Waals surface area contributed by atoms with Crippen LogP contribution in [-0.4, -0.2) is 25.8 Å². The lowest BCUT2D eigenvalue weighted by atomic mass is 10.2. The summed E-state index contributed by atoms with van der Waals surface area (Å²) in [5.41, 5.74) is 0.681. The van der Waals surface area contributed by atoms with Crippen molar-refractivity contribution < 1.29 is 9.32 Å². The average molecular weight is 263 g/mol. The Morgan fingerprint density at radius 3 is 2.89 bits per heavy atom. The number of carbonyl (C=O) groups is 1. The Morgan fingerprint density at radius 1 is 1.53 bits per heavy atom. The predicted octanol–water partition coefficient (Wildman–Crippen LogP) is 1.50. The van der Waals surface area contributed by atoms with Crippen molar-refractivity contribution in [2.45, 2.75) is 32.6 Å². The Hall–Kier alpha value is -2.18. The van der Waals surface area contributed by atoms with Crippen LogP contribution in [0.5, 0.6) is 0 Å². The lowest BCUT2D eigenvalue weighted by Gasteiger charge is -1.99. The van der Waals surface area contributed by atoms with E-state index in [1.54, 1.807) is 24.1 Å². The molecule has 1 amide bonds. The number of hydrogen-bond acceptors (Lipinski definition) is 5. The van der Waals surface area contributed by atoms with Crippen LogP contribution in [-0.2, 0) is 18.3 Å². The van der Waals surface area contributed by atoms with Crippen LogP contribution >= 0.6 is 0 Å². The lowest BCUT2D eigenvalue weighted by Crippen LogP contribution is -2.12. The van der Waals surface area contributed by atoms with E-state index in [0.29, 0.717) is 30.2 Å². The van der Waals surface area contributed by atoms with Crippen LogP contribution in [0.1, 0.15) is 37.9 Å². The summed E-state index contributed by atoms with van der Waals surface area (Å²) in [5.74, 6) is 1.28. The minimum absolute atomic E-state index is 0.0997. The van der Waals surface area contributed by atoms with Crippen molar-refractivity contribution in [2.24, 2.45) is 7.05 Å². The van der Waals surface area contributed by atoms with Gasteiger partial charge in [0.2, 0.25) is 11.8 Å². The van der Waals surface area contributed by atoms with E-state index in [0.717, 1.165) is 0 Å². The van der Waals surface area contributed by atoms with E-state index in [9.17, 15) is 4.79 Å². The summed E-state index contributed by atoms with van der Waals surface area (Å²) in [4.78, 5) is 15.9. The summed E-state index contributed by atoms with van der Waals surface area (Å²) in [5, 5.41) is 10.6. The molecule has 0 spiro atoms. The van der Waals surface area contributed by atoms with E-state index in [1.165, 1.54) is 0 Å². The van der Waals surface area contributed by atoms with Gasteiger partial charge in [-0.25, -0.2) is 0 Å². The van der Waals surface area contributed by atoms with Crippen LogP contribution in [0.15, 0.2) is 16.9 Å². The molecule has 0 atom stereocenters. The monoisotopic (exact) mass is 263 g/mol. The first-order chi connectivity index (χ1) is 9.04. The lowest BCUT2D eigenvalue weighted by molar-refractivity contribution is -0.116. The SMILES string of the molecule is CC(C)c1noc(CCC(=O)Nc2cnn(C)c2)n1. The third-order valence-corrected chi connectivity index (χ3v) is 2.55. The van der Waals surface area contributed by atoms with Gasteiger partial charge in [0.15, 0.2) is 5.82 Å². The van der Waals surface area contributed by atoms with E-state index < -0.39 is 0 Å². The fourth-order valence-electron chi connectivity index (χ4n) is 1.53. The molecule has 0 radical (unpaired) electrons. The second-order valence-corrected chi connectivity index (χ2v) is 4.65. The summed E-state index contributed by atoms with van der Waals surface area (Å²) >= 11 is 0. The zero-order chi connectivity index (χ0) is 13.8. The van der Waals surface area contributed by atoms with Gasteiger partial charge >= 0.3 is 0 Å². The van der Waals surface area contributed by atoms with Gasteiger partial charge < -0.3 is 9.84 Å². The van der Waals surface area contributed by atoms with Crippen molar-refractivity contribution in [1.82, 2.24) is 19.9 Å². The predicted molar refractivity (Wildman–Crippen MR) is 68.5 cm³/mol. The second-order valence-electron chi connectivity index (χ2n) is 4.65. The van der Waals surface area contributed by atoms with Crippen molar-refractivity contribution >= 4 is 11.6 Å². The van der Waals surface area contributed by atoms with Crippen molar-refractivity contribution in [3.8, 4) is 0 Å². The Bertz CT molecular complexity index is 558. The molecule has 0 bridgehead atoms. The molecule has 0 saturated heterocycles. The molecule has 0 aliphatic rings. The van der Waals surface area contributed by atoms with Gasteiger partial charge in [-0.05, 0) is 0 Å². The second kappa shape index (κ2) is 5.64. The Balaban J connectivity index is 1.82. The maximum Gasteiger partial charge on any atom is 0.227 e. The molecule has 0 aromatic carbocycles. The minimum atomic E-state index is -0.0997. The number of aryl methyl sites for hydroxylation is 2. The number of carbonyl (C=O) groups excluding carboxylic acids is 1. The smallest absolute Gasteiger partial charge is 0.227 e. The van der Waals surface area contributed by atoms with Gasteiger partial charge in [0.05, 0.1) is 11.9 Å². The fourth-order valence-corrected chi connectivity index (χ4v) is 1.53. The number of aromatic nitrogens is 4. The summed E-state index contributed by atoms with van der Waals surface area (Å²) < 4.78 is 6.70. The van der Waals surface area contributed by atoms with Crippen LogP contribution in [0, 0.1) is 0 Å². The Kier molecular flexibility index (Phi) is 3.94. The van der Waals surface area contributed by atoms with Crippen LogP contribution in [0.25, 0.3) is 0 Å². The molecule has 2 rings (SSSR count). The molecule has 102 valence electrons. The van der Waals surface area contributed by atoms with Crippen LogP contribution in [0.3, 0.4) is 0 Å². The molecule has 0 aliphatic carbocycles. The topological polar surface area (TPSA) is 85.8 Å². The molecule has 7 nitrogen and oxygen atoms in total. The zero-order valence-electron chi connectivity index (χ0n) is 11.3. The maximum absolute atomic E-state index is 11.7. The Labute approximate surface area is 111 Å². The molecule has 0 aliphatic heterocycles. The van der Waals surface area contributed by atoms with E-state index in [-0.39, 0.29) is 11.8 Å². The molecule has 0 unspecified atom stereocenters. The highest BCUT2D eigenvalue weighted by atomic mass is 16.5. The average Bonchev–Trinajstić information content (AvgIpc) is 2.96. The third-order valence-electron chi connectivity index (χ3n) is 2.55. The maximum atomic E-state index is 11.7. The first kappa shape index (κ1) is 13.3. The van der Waals surface area contributed by atoms with Gasteiger partial charge in [-0.3, -0.25) is 9.48 Å². The van der Waals surface area contributed by atoms with Crippen LogP contribution < -0.4 is 5.32 Å². The summed E-state index contributed by atoms with van der Waals surface area (Å²) in [6.45, 7) is 3.98.